The van der Waals surface area contributed by atoms with Crippen LogP contribution >= 0.6 is 77.2 Å². The van der Waals surface area contributed by atoms with Crippen LogP contribution in [-0.4, -0.2) is 32.5 Å². The number of hydrogen-bond donors (Lipinski definition) is 1. The quantitative estimate of drug-likeness (QED) is 0.501. The van der Waals surface area contributed by atoms with E-state index in [2.05, 4.69) is 5.32 Å². The smallest absolute Gasteiger partial charge is 0.335 e. The molecule has 5 nitrogen and oxygen atoms in total. The highest BCUT2D eigenvalue weighted by Gasteiger charge is 2.51. The van der Waals surface area contributed by atoms with Crippen molar-refractivity contribution in [3.05, 3.63) is 0 Å². The third kappa shape index (κ3) is 6.64. The van der Waals surface area contributed by atoms with Crippen LogP contribution in [0.5, 0.6) is 0 Å². The van der Waals surface area contributed by atoms with Crippen LogP contribution in [0.4, 0.5) is 0 Å². The van der Waals surface area contributed by atoms with Gasteiger partial charge in [0.1, 0.15) is 0 Å². The lowest BCUT2D eigenvalue weighted by atomic mass is 10.6. The van der Waals surface area contributed by atoms with E-state index in [-0.39, 0.29) is 13.2 Å². The Morgan fingerprint density at radius 1 is 1.10 bits per heavy atom. The van der Waals surface area contributed by atoms with Gasteiger partial charge < -0.3 is 14.4 Å². The zero-order valence-corrected chi connectivity index (χ0v) is 15.8. The van der Waals surface area contributed by atoms with Gasteiger partial charge in [-0.15, -0.1) is 0 Å². The summed E-state index contributed by atoms with van der Waals surface area (Å²) < 4.78 is 18.1. The molecule has 12 heteroatoms. The Bertz CT molecular complexity index is 372. The van der Waals surface area contributed by atoms with Crippen LogP contribution in [0.2, 0.25) is 0 Å². The molecular weight excluding hydrogens is 418 g/mol. The number of rotatable bonds is 6. The molecule has 1 N–H and O–H groups in total. The van der Waals surface area contributed by atoms with Crippen molar-refractivity contribution in [2.75, 3.05) is 13.2 Å². The molecule has 0 aliphatic carbocycles. The van der Waals surface area contributed by atoms with Crippen LogP contribution in [0.25, 0.3) is 0 Å². The van der Waals surface area contributed by atoms with Gasteiger partial charge in [-0.25, -0.2) is 0 Å². The van der Waals surface area contributed by atoms with Crippen molar-refractivity contribution in [2.24, 2.45) is 0 Å². The van der Waals surface area contributed by atoms with Crippen molar-refractivity contribution < 1.29 is 18.4 Å². The fourth-order valence-corrected chi connectivity index (χ4v) is 4.22. The zero-order chi connectivity index (χ0) is 16.2. The summed E-state index contributed by atoms with van der Waals surface area (Å²) in [6, 6.07) is 0. The highest BCUT2D eigenvalue weighted by molar-refractivity contribution is 7.55. The van der Waals surface area contributed by atoms with E-state index in [9.17, 15) is 9.36 Å². The molecule has 1 unspecified atom stereocenters. The predicted octanol–water partition coefficient (Wildman–Crippen LogP) is 4.44. The lowest BCUT2D eigenvalue weighted by Gasteiger charge is -2.32. The fraction of sp³-hybridized carbons (Fsp3) is 0.875. The van der Waals surface area contributed by atoms with Crippen molar-refractivity contribution in [1.29, 1.82) is 0 Å². The second kappa shape index (κ2) is 8.28. The van der Waals surface area contributed by atoms with E-state index in [1.165, 1.54) is 0 Å². The summed E-state index contributed by atoms with van der Waals surface area (Å²) in [4.78, 5) is 11.7. The molecule has 0 bridgehead atoms. The molecule has 0 radical (unpaired) electrons. The number of nitrogens with one attached hydrogen (secondary N) is 1. The maximum atomic E-state index is 12.6. The molecule has 1 amide bonds. The van der Waals surface area contributed by atoms with Gasteiger partial charge in [0, 0.05) is 0 Å². The average molecular weight is 430 g/mol. The van der Waals surface area contributed by atoms with Crippen LogP contribution in [-0.2, 0) is 18.4 Å². The summed E-state index contributed by atoms with van der Waals surface area (Å²) in [6.07, 6.45) is 0. The summed E-state index contributed by atoms with van der Waals surface area (Å²) in [5.74, 6) is -2.76. The summed E-state index contributed by atoms with van der Waals surface area (Å²) in [5, 5.41) is 2.06. The molecule has 20 heavy (non-hydrogen) atoms. The van der Waals surface area contributed by atoms with E-state index in [0.29, 0.717) is 0 Å². The van der Waals surface area contributed by atoms with E-state index >= 15 is 0 Å². The molecule has 0 aliphatic rings. The molecule has 0 aromatic heterocycles. The number of carbonyl (C=O) groups is 1. The third-order valence-electron chi connectivity index (χ3n) is 1.77. The van der Waals surface area contributed by atoms with Crippen LogP contribution in [0.15, 0.2) is 0 Å². The minimum Gasteiger partial charge on any atom is -0.335 e. The minimum atomic E-state index is -3.98. The average Bonchev–Trinajstić information content (AvgIpc) is 2.22. The lowest BCUT2D eigenvalue weighted by molar-refractivity contribution is -0.120. The van der Waals surface area contributed by atoms with Gasteiger partial charge in [0.25, 0.3) is 9.70 Å². The Morgan fingerprint density at radius 3 is 1.75 bits per heavy atom. The first-order valence-corrected chi connectivity index (χ1v) is 9.09. The van der Waals surface area contributed by atoms with Gasteiger partial charge in [-0.1, -0.05) is 69.6 Å². The second-order valence-electron chi connectivity index (χ2n) is 3.29. The van der Waals surface area contributed by atoms with Crippen LogP contribution < -0.4 is 5.32 Å². The molecule has 0 saturated carbocycles. The Kier molecular flexibility index (Phi) is 8.84. The zero-order valence-electron chi connectivity index (χ0n) is 10.3. The van der Waals surface area contributed by atoms with Crippen molar-refractivity contribution >= 4 is 83.1 Å². The van der Waals surface area contributed by atoms with Gasteiger partial charge in [-0.05, 0) is 13.8 Å². The Morgan fingerprint density at radius 2 is 1.50 bits per heavy atom. The van der Waals surface area contributed by atoms with Gasteiger partial charge in [0.05, 0.1) is 13.2 Å². The van der Waals surface area contributed by atoms with Crippen molar-refractivity contribution in [3.8, 4) is 0 Å². The number of alkyl halides is 6. The first-order valence-electron chi connectivity index (χ1n) is 5.21. The Labute approximate surface area is 147 Å². The minimum absolute atomic E-state index is 0.00182. The molecule has 0 spiro atoms. The lowest BCUT2D eigenvalue weighted by Crippen LogP contribution is -2.48. The molecule has 0 heterocycles. The summed E-state index contributed by atoms with van der Waals surface area (Å²) >= 11 is 33.3. The van der Waals surface area contributed by atoms with E-state index in [1.807, 2.05) is 0 Å². The number of halogens is 6. The van der Waals surface area contributed by atoms with Crippen molar-refractivity contribution in [2.45, 2.75) is 27.2 Å². The molecule has 0 rings (SSSR count). The van der Waals surface area contributed by atoms with Gasteiger partial charge in [0.15, 0.2) is 5.78 Å². The van der Waals surface area contributed by atoms with Gasteiger partial charge in [0.2, 0.25) is 3.79 Å². The fourth-order valence-electron chi connectivity index (χ4n) is 1.09. The maximum Gasteiger partial charge on any atom is 0.357 e. The molecule has 0 saturated heterocycles. The van der Waals surface area contributed by atoms with E-state index < -0.39 is 26.9 Å². The monoisotopic (exact) mass is 427 g/mol. The first kappa shape index (κ1) is 21.4. The first-order chi connectivity index (χ1) is 8.88. The van der Waals surface area contributed by atoms with E-state index in [1.54, 1.807) is 13.8 Å². The van der Waals surface area contributed by atoms with Gasteiger partial charge in [-0.2, -0.15) is 0 Å². The molecule has 0 aromatic rings. The van der Waals surface area contributed by atoms with Crippen LogP contribution in [0.1, 0.15) is 13.8 Å². The summed E-state index contributed by atoms with van der Waals surface area (Å²) in [7, 11) is -3.98. The van der Waals surface area contributed by atoms with Crippen molar-refractivity contribution in [3.63, 3.8) is 0 Å². The molecule has 0 aliphatic heterocycles. The standard InChI is InChI=1S/C8H12Cl6NO4P/c1-3-18-20(17,19-4-2)6(8(12,13)14)15-5(16)7(9,10)11/h6H,3-4H2,1-2H3,(H,15,16). The molecule has 0 aromatic carbocycles. The van der Waals surface area contributed by atoms with Crippen molar-refractivity contribution in [1.82, 2.24) is 5.32 Å². The molecule has 0 fully saturated rings. The highest BCUT2D eigenvalue weighted by Crippen LogP contribution is 2.59. The Balaban J connectivity index is 5.45. The number of carbonyl (C=O) groups excluding carboxylic acids is 1. The van der Waals surface area contributed by atoms with Crippen LogP contribution in [0.3, 0.4) is 0 Å². The Hall–Kier alpha value is 1.36. The van der Waals surface area contributed by atoms with Gasteiger partial charge in [-0.3, -0.25) is 9.36 Å². The summed E-state index contributed by atoms with van der Waals surface area (Å²) in [6.45, 7) is 3.10. The highest BCUT2D eigenvalue weighted by atomic mass is 35.6. The largest absolute Gasteiger partial charge is 0.357 e. The second-order valence-corrected chi connectivity index (χ2v) is 10.1. The van der Waals surface area contributed by atoms with E-state index in [4.69, 9.17) is 78.7 Å². The normalized spacial score (nSPS) is 15.0. The third-order valence-corrected chi connectivity index (χ3v) is 5.78. The molecular formula is C8H12Cl6NO4P. The summed E-state index contributed by atoms with van der Waals surface area (Å²) in [5.41, 5.74) is 0. The topological polar surface area (TPSA) is 64.6 Å². The maximum absolute atomic E-state index is 12.6. The number of hydrogen-bond acceptors (Lipinski definition) is 4. The predicted molar refractivity (Wildman–Crippen MR) is 83.4 cm³/mol. The van der Waals surface area contributed by atoms with Gasteiger partial charge >= 0.3 is 7.60 Å². The molecule has 120 valence electrons. The molecule has 1 atom stereocenters. The SMILES string of the molecule is CCOP(=O)(OCC)C(NC(=O)C(Cl)(Cl)Cl)C(Cl)(Cl)Cl. The number of amides is 1. The van der Waals surface area contributed by atoms with E-state index in [0.717, 1.165) is 0 Å². The van der Waals surface area contributed by atoms with Crippen LogP contribution in [0, 0.1) is 0 Å².